The van der Waals surface area contributed by atoms with E-state index < -0.39 is 0 Å². The molecule has 3 N–H and O–H groups in total. The van der Waals surface area contributed by atoms with Gasteiger partial charge in [-0.15, -0.1) is 0 Å². The fourth-order valence-corrected chi connectivity index (χ4v) is 1.26. The van der Waals surface area contributed by atoms with E-state index in [1.54, 1.807) is 19.2 Å². The number of hydrazone groups is 1. The Bertz CT molecular complexity index is 438. The molecule has 0 aromatic heterocycles. The molecule has 18 heavy (non-hydrogen) atoms. The van der Waals surface area contributed by atoms with Gasteiger partial charge in [-0.3, -0.25) is 5.43 Å². The third-order valence-electron chi connectivity index (χ3n) is 2.11. The standard InChI is InChI=1S/C11H15N3O3S/c1-12-11(18)14-13-6-7-4-8(16-2)10(15)9(5-7)17-3/h4-6,15H,1-3H3,(H2,12,14,18)/b13-6+. The fourth-order valence-electron chi connectivity index (χ4n) is 1.21. The van der Waals surface area contributed by atoms with Crippen molar-refractivity contribution in [1.29, 1.82) is 0 Å². The van der Waals surface area contributed by atoms with Crippen molar-refractivity contribution in [1.82, 2.24) is 10.7 Å². The molecule has 0 spiro atoms. The molecule has 1 aromatic rings. The minimum Gasteiger partial charge on any atom is -0.502 e. The zero-order chi connectivity index (χ0) is 13.5. The van der Waals surface area contributed by atoms with E-state index >= 15 is 0 Å². The van der Waals surface area contributed by atoms with Crippen molar-refractivity contribution in [2.75, 3.05) is 21.3 Å². The molecule has 6 nitrogen and oxygen atoms in total. The number of ether oxygens (including phenoxy) is 2. The van der Waals surface area contributed by atoms with E-state index in [9.17, 15) is 5.11 Å². The first kappa shape index (κ1) is 14.0. The van der Waals surface area contributed by atoms with Crippen molar-refractivity contribution in [3.63, 3.8) is 0 Å². The van der Waals surface area contributed by atoms with Crippen molar-refractivity contribution in [3.05, 3.63) is 17.7 Å². The Kier molecular flexibility index (Phi) is 5.19. The molecular weight excluding hydrogens is 254 g/mol. The number of nitrogens with one attached hydrogen (secondary N) is 2. The van der Waals surface area contributed by atoms with Crippen LogP contribution in [0.1, 0.15) is 5.56 Å². The van der Waals surface area contributed by atoms with E-state index in [1.165, 1.54) is 20.4 Å². The minimum atomic E-state index is -0.0455. The van der Waals surface area contributed by atoms with Gasteiger partial charge in [0.2, 0.25) is 5.75 Å². The fraction of sp³-hybridized carbons (Fsp3) is 0.273. The van der Waals surface area contributed by atoms with Crippen molar-refractivity contribution in [2.45, 2.75) is 0 Å². The molecule has 0 amide bonds. The van der Waals surface area contributed by atoms with E-state index in [-0.39, 0.29) is 5.75 Å². The molecule has 98 valence electrons. The number of hydrogen-bond donors (Lipinski definition) is 3. The number of methoxy groups -OCH3 is 2. The largest absolute Gasteiger partial charge is 0.502 e. The van der Waals surface area contributed by atoms with Gasteiger partial charge in [-0.1, -0.05) is 0 Å². The maximum Gasteiger partial charge on any atom is 0.200 e. The van der Waals surface area contributed by atoms with Gasteiger partial charge in [0.25, 0.3) is 0 Å². The number of benzene rings is 1. The summed E-state index contributed by atoms with van der Waals surface area (Å²) in [5.41, 5.74) is 3.32. The van der Waals surface area contributed by atoms with Crippen LogP contribution in [0, 0.1) is 0 Å². The van der Waals surface area contributed by atoms with Gasteiger partial charge in [0.05, 0.1) is 20.4 Å². The molecule has 0 fully saturated rings. The molecule has 1 rings (SSSR count). The van der Waals surface area contributed by atoms with Gasteiger partial charge in [-0.2, -0.15) is 5.10 Å². The lowest BCUT2D eigenvalue weighted by molar-refractivity contribution is 0.340. The quantitative estimate of drug-likeness (QED) is 0.427. The lowest BCUT2D eigenvalue weighted by Gasteiger charge is -2.09. The third kappa shape index (κ3) is 3.49. The second kappa shape index (κ2) is 6.65. The highest BCUT2D eigenvalue weighted by molar-refractivity contribution is 7.80. The summed E-state index contributed by atoms with van der Waals surface area (Å²) >= 11 is 4.86. The Morgan fingerprint density at radius 2 is 1.89 bits per heavy atom. The number of nitrogens with zero attached hydrogens (tertiary/aromatic N) is 1. The Hall–Kier alpha value is -2.02. The molecule has 0 saturated heterocycles. The Balaban J connectivity index is 2.92. The van der Waals surface area contributed by atoms with Crippen LogP contribution < -0.4 is 20.2 Å². The highest BCUT2D eigenvalue weighted by Gasteiger charge is 2.09. The van der Waals surface area contributed by atoms with Crippen molar-refractivity contribution < 1.29 is 14.6 Å². The third-order valence-corrected chi connectivity index (χ3v) is 2.40. The van der Waals surface area contributed by atoms with E-state index in [2.05, 4.69) is 15.8 Å². The molecule has 1 aromatic carbocycles. The smallest absolute Gasteiger partial charge is 0.200 e. The van der Waals surface area contributed by atoms with Crippen LogP contribution in [0.25, 0.3) is 0 Å². The predicted molar refractivity (Wildman–Crippen MR) is 73.6 cm³/mol. The van der Waals surface area contributed by atoms with Crippen LogP contribution >= 0.6 is 12.2 Å². The van der Waals surface area contributed by atoms with Gasteiger partial charge in [0.15, 0.2) is 16.6 Å². The zero-order valence-electron chi connectivity index (χ0n) is 10.4. The topological polar surface area (TPSA) is 75.1 Å². The lowest BCUT2D eigenvalue weighted by Crippen LogP contribution is -2.28. The second-order valence-electron chi connectivity index (χ2n) is 3.22. The summed E-state index contributed by atoms with van der Waals surface area (Å²) in [5, 5.41) is 16.8. The summed E-state index contributed by atoms with van der Waals surface area (Å²) in [5.74, 6) is 0.579. The molecule has 0 radical (unpaired) electrons. The number of thiocarbonyl (C=S) groups is 1. The van der Waals surface area contributed by atoms with E-state index in [4.69, 9.17) is 21.7 Å². The monoisotopic (exact) mass is 269 g/mol. The van der Waals surface area contributed by atoms with Gasteiger partial charge >= 0.3 is 0 Å². The lowest BCUT2D eigenvalue weighted by atomic mass is 10.2. The Morgan fingerprint density at radius 3 is 2.33 bits per heavy atom. The van der Waals surface area contributed by atoms with Crippen LogP contribution in [0.4, 0.5) is 0 Å². The summed E-state index contributed by atoms with van der Waals surface area (Å²) in [6, 6.07) is 3.26. The predicted octanol–water partition coefficient (Wildman–Crippen LogP) is 0.837. The summed E-state index contributed by atoms with van der Waals surface area (Å²) in [7, 11) is 4.62. The van der Waals surface area contributed by atoms with Crippen LogP contribution in [0.5, 0.6) is 17.2 Å². The van der Waals surface area contributed by atoms with Gasteiger partial charge in [0, 0.05) is 12.6 Å². The van der Waals surface area contributed by atoms with Crippen LogP contribution in [-0.4, -0.2) is 37.7 Å². The maximum absolute atomic E-state index is 9.72. The average molecular weight is 269 g/mol. The van der Waals surface area contributed by atoms with E-state index in [1.807, 2.05) is 0 Å². The zero-order valence-corrected chi connectivity index (χ0v) is 11.2. The highest BCUT2D eigenvalue weighted by atomic mass is 32.1. The van der Waals surface area contributed by atoms with Crippen LogP contribution in [0.2, 0.25) is 0 Å². The molecule has 0 aliphatic carbocycles. The van der Waals surface area contributed by atoms with Gasteiger partial charge < -0.3 is 19.9 Å². The van der Waals surface area contributed by atoms with Crippen molar-refractivity contribution in [2.24, 2.45) is 5.10 Å². The molecule has 7 heteroatoms. The number of aromatic hydroxyl groups is 1. The van der Waals surface area contributed by atoms with Crippen molar-refractivity contribution in [3.8, 4) is 17.2 Å². The first-order chi connectivity index (χ1) is 8.62. The Morgan fingerprint density at radius 1 is 1.33 bits per heavy atom. The SMILES string of the molecule is CNC(=S)N/N=C/c1cc(OC)c(O)c(OC)c1. The average Bonchev–Trinajstić information content (AvgIpc) is 2.39. The normalized spacial score (nSPS) is 10.2. The van der Waals surface area contributed by atoms with Gasteiger partial charge in [-0.25, -0.2) is 0 Å². The molecule has 0 aliphatic rings. The van der Waals surface area contributed by atoms with Crippen LogP contribution in [-0.2, 0) is 0 Å². The number of phenolic OH excluding ortho intramolecular Hbond substituents is 1. The first-order valence-electron chi connectivity index (χ1n) is 5.08. The highest BCUT2D eigenvalue weighted by Crippen LogP contribution is 2.36. The minimum absolute atomic E-state index is 0.0455. The number of rotatable bonds is 4. The number of phenols is 1. The summed E-state index contributed by atoms with van der Waals surface area (Å²) in [6.45, 7) is 0. The van der Waals surface area contributed by atoms with Gasteiger partial charge in [-0.05, 0) is 24.4 Å². The van der Waals surface area contributed by atoms with Crippen LogP contribution in [0.3, 0.4) is 0 Å². The van der Waals surface area contributed by atoms with Crippen LogP contribution in [0.15, 0.2) is 17.2 Å². The molecule has 0 bridgehead atoms. The number of hydrogen-bond acceptors (Lipinski definition) is 5. The van der Waals surface area contributed by atoms with Gasteiger partial charge in [0.1, 0.15) is 0 Å². The second-order valence-corrected chi connectivity index (χ2v) is 3.63. The molecule has 0 aliphatic heterocycles. The van der Waals surface area contributed by atoms with E-state index in [0.717, 1.165) is 0 Å². The Labute approximate surface area is 111 Å². The summed E-state index contributed by atoms with van der Waals surface area (Å²) < 4.78 is 10.1. The first-order valence-corrected chi connectivity index (χ1v) is 5.49. The molecular formula is C11H15N3O3S. The molecule has 0 atom stereocenters. The molecule has 0 heterocycles. The maximum atomic E-state index is 9.72. The molecule has 0 saturated carbocycles. The van der Waals surface area contributed by atoms with Crippen molar-refractivity contribution >= 4 is 23.5 Å². The van der Waals surface area contributed by atoms with E-state index in [0.29, 0.717) is 22.2 Å². The summed E-state index contributed by atoms with van der Waals surface area (Å²) in [6.07, 6.45) is 1.54. The summed E-state index contributed by atoms with van der Waals surface area (Å²) in [4.78, 5) is 0. The molecule has 0 unspecified atom stereocenters.